The zero-order valence-electron chi connectivity index (χ0n) is 9.27. The quantitative estimate of drug-likeness (QED) is 0.616. The molecule has 90 valence electrons. The maximum Gasteiger partial charge on any atom is 0.287 e. The van der Waals surface area contributed by atoms with Crippen LogP contribution in [-0.4, -0.2) is 19.7 Å². The minimum Gasteiger partial charge on any atom is -0.311 e. The van der Waals surface area contributed by atoms with Crippen LogP contribution in [0, 0.1) is 21.4 Å². The summed E-state index contributed by atoms with van der Waals surface area (Å²) in [4.78, 5) is 10.8. The number of hydrogen-bond donors (Lipinski definition) is 0. The summed E-state index contributed by atoms with van der Waals surface area (Å²) in [7, 11) is 1.79. The number of aromatic nitrogens is 3. The summed E-state index contributed by atoms with van der Waals surface area (Å²) in [6.45, 7) is 0. The number of nitro groups is 1. The van der Waals surface area contributed by atoms with Crippen LogP contribution in [0.3, 0.4) is 0 Å². The number of hydrogen-bond acceptors (Lipinski definition) is 6. The molecule has 2 rings (SSSR count). The molecular weight excluding hydrogens is 254 g/mol. The Kier molecular flexibility index (Phi) is 3.25. The molecule has 0 saturated carbocycles. The molecule has 0 fully saturated rings. The molecule has 1 aromatic carbocycles. The van der Waals surface area contributed by atoms with E-state index in [1.165, 1.54) is 23.9 Å². The minimum absolute atomic E-state index is 0.0344. The van der Waals surface area contributed by atoms with E-state index in [2.05, 4.69) is 10.2 Å². The van der Waals surface area contributed by atoms with Crippen molar-refractivity contribution >= 4 is 17.4 Å². The van der Waals surface area contributed by atoms with Crippen molar-refractivity contribution in [3.63, 3.8) is 0 Å². The van der Waals surface area contributed by atoms with Crippen molar-refractivity contribution in [3.05, 3.63) is 40.2 Å². The van der Waals surface area contributed by atoms with Gasteiger partial charge in [0.25, 0.3) is 5.69 Å². The van der Waals surface area contributed by atoms with Crippen LogP contribution in [0.25, 0.3) is 0 Å². The standard InChI is InChI=1S/C10H7N5O2S/c1-14-6-12-13-10(14)18-8-2-3-9(15(16)17)7(4-8)5-11/h2-4,6H,1H3. The van der Waals surface area contributed by atoms with Gasteiger partial charge in [-0.15, -0.1) is 10.2 Å². The van der Waals surface area contributed by atoms with Crippen molar-refractivity contribution < 1.29 is 4.92 Å². The van der Waals surface area contributed by atoms with E-state index in [0.29, 0.717) is 10.1 Å². The Balaban J connectivity index is 2.34. The van der Waals surface area contributed by atoms with Gasteiger partial charge in [-0.3, -0.25) is 10.1 Å². The Morgan fingerprint density at radius 1 is 1.56 bits per heavy atom. The fraction of sp³-hybridized carbons (Fsp3) is 0.100. The summed E-state index contributed by atoms with van der Waals surface area (Å²) >= 11 is 1.29. The molecule has 8 heteroatoms. The van der Waals surface area contributed by atoms with Gasteiger partial charge in [0.05, 0.1) is 4.92 Å². The lowest BCUT2D eigenvalue weighted by Crippen LogP contribution is -1.93. The van der Waals surface area contributed by atoms with Gasteiger partial charge in [-0.2, -0.15) is 5.26 Å². The van der Waals surface area contributed by atoms with E-state index < -0.39 is 4.92 Å². The molecule has 1 heterocycles. The van der Waals surface area contributed by atoms with Crippen LogP contribution in [0.4, 0.5) is 5.69 Å². The SMILES string of the molecule is Cn1cnnc1Sc1ccc([N+](=O)[O-])c(C#N)c1. The first-order valence-electron chi connectivity index (χ1n) is 4.82. The first-order chi connectivity index (χ1) is 8.61. The lowest BCUT2D eigenvalue weighted by molar-refractivity contribution is -0.385. The van der Waals surface area contributed by atoms with Crippen molar-refractivity contribution in [1.82, 2.24) is 14.8 Å². The molecule has 7 nitrogen and oxygen atoms in total. The number of benzene rings is 1. The summed E-state index contributed by atoms with van der Waals surface area (Å²) in [6.07, 6.45) is 1.55. The van der Waals surface area contributed by atoms with Gasteiger partial charge in [0.1, 0.15) is 18.0 Å². The third-order valence-corrected chi connectivity index (χ3v) is 3.21. The van der Waals surface area contributed by atoms with Crippen LogP contribution in [-0.2, 0) is 7.05 Å². The summed E-state index contributed by atoms with van der Waals surface area (Å²) in [5, 5.41) is 27.8. The fourth-order valence-corrected chi connectivity index (χ4v) is 2.10. The molecule has 0 N–H and O–H groups in total. The number of rotatable bonds is 3. The van der Waals surface area contributed by atoms with E-state index in [1.54, 1.807) is 24.0 Å². The second kappa shape index (κ2) is 4.85. The summed E-state index contributed by atoms with van der Waals surface area (Å²) in [5.41, 5.74) is -0.160. The van der Waals surface area contributed by atoms with Crippen molar-refractivity contribution in [3.8, 4) is 6.07 Å². The molecule has 0 bridgehead atoms. The normalized spacial score (nSPS) is 10.0. The second-order valence-electron chi connectivity index (χ2n) is 3.37. The molecule has 0 radical (unpaired) electrons. The molecule has 0 aliphatic rings. The van der Waals surface area contributed by atoms with Gasteiger partial charge >= 0.3 is 0 Å². The highest BCUT2D eigenvalue weighted by Crippen LogP contribution is 2.29. The highest BCUT2D eigenvalue weighted by atomic mass is 32.2. The Morgan fingerprint density at radius 3 is 2.89 bits per heavy atom. The van der Waals surface area contributed by atoms with Crippen LogP contribution < -0.4 is 0 Å². The van der Waals surface area contributed by atoms with Crippen molar-refractivity contribution in [2.45, 2.75) is 10.1 Å². The molecule has 0 saturated heterocycles. The van der Waals surface area contributed by atoms with Gasteiger partial charge in [0.15, 0.2) is 5.16 Å². The van der Waals surface area contributed by atoms with Gasteiger partial charge in [0, 0.05) is 18.0 Å². The van der Waals surface area contributed by atoms with Crippen molar-refractivity contribution in [2.24, 2.45) is 7.05 Å². The summed E-state index contributed by atoms with van der Waals surface area (Å²) in [5.74, 6) is 0. The molecule has 0 aliphatic heterocycles. The Morgan fingerprint density at radius 2 is 2.33 bits per heavy atom. The van der Waals surface area contributed by atoms with E-state index in [0.717, 1.165) is 0 Å². The summed E-state index contributed by atoms with van der Waals surface area (Å²) < 4.78 is 1.72. The van der Waals surface area contributed by atoms with Crippen molar-refractivity contribution in [2.75, 3.05) is 0 Å². The monoisotopic (exact) mass is 261 g/mol. The summed E-state index contributed by atoms with van der Waals surface area (Å²) in [6, 6.07) is 6.18. The molecule has 1 aromatic heterocycles. The van der Waals surface area contributed by atoms with E-state index in [-0.39, 0.29) is 11.3 Å². The zero-order valence-corrected chi connectivity index (χ0v) is 10.1. The molecule has 0 atom stereocenters. The topological polar surface area (TPSA) is 97.6 Å². The average molecular weight is 261 g/mol. The molecular formula is C10H7N5O2S. The van der Waals surface area contributed by atoms with Crippen LogP contribution in [0.1, 0.15) is 5.56 Å². The largest absolute Gasteiger partial charge is 0.311 e. The second-order valence-corrected chi connectivity index (χ2v) is 4.42. The Labute approximate surface area is 106 Å². The van der Waals surface area contributed by atoms with E-state index in [9.17, 15) is 10.1 Å². The predicted molar refractivity (Wildman–Crippen MR) is 62.9 cm³/mol. The van der Waals surface area contributed by atoms with E-state index >= 15 is 0 Å². The number of aryl methyl sites for hydroxylation is 1. The Hall–Kier alpha value is -2.40. The predicted octanol–water partition coefficient (Wildman–Crippen LogP) is 1.75. The van der Waals surface area contributed by atoms with E-state index in [1.807, 2.05) is 6.07 Å². The molecule has 2 aromatic rings. The fourth-order valence-electron chi connectivity index (χ4n) is 1.30. The lowest BCUT2D eigenvalue weighted by Gasteiger charge is -2.01. The van der Waals surface area contributed by atoms with Crippen LogP contribution in [0.15, 0.2) is 34.6 Å². The van der Waals surface area contributed by atoms with Crippen molar-refractivity contribution in [1.29, 1.82) is 5.26 Å². The molecule has 0 unspecified atom stereocenters. The highest BCUT2D eigenvalue weighted by Gasteiger charge is 2.14. The van der Waals surface area contributed by atoms with E-state index in [4.69, 9.17) is 5.26 Å². The number of nitrogens with zero attached hydrogens (tertiary/aromatic N) is 5. The van der Waals surface area contributed by atoms with Crippen LogP contribution >= 0.6 is 11.8 Å². The van der Waals surface area contributed by atoms with Gasteiger partial charge in [-0.25, -0.2) is 0 Å². The molecule has 0 aliphatic carbocycles. The minimum atomic E-state index is -0.574. The molecule has 0 amide bonds. The smallest absolute Gasteiger partial charge is 0.287 e. The lowest BCUT2D eigenvalue weighted by atomic mass is 10.2. The molecule has 18 heavy (non-hydrogen) atoms. The van der Waals surface area contributed by atoms with Gasteiger partial charge in [-0.1, -0.05) is 0 Å². The highest BCUT2D eigenvalue weighted by molar-refractivity contribution is 7.99. The Bertz CT molecular complexity index is 646. The maximum absolute atomic E-state index is 10.7. The number of nitro benzene ring substituents is 1. The number of nitriles is 1. The van der Waals surface area contributed by atoms with Gasteiger partial charge < -0.3 is 4.57 Å². The maximum atomic E-state index is 10.7. The zero-order chi connectivity index (χ0) is 13.1. The third-order valence-electron chi connectivity index (χ3n) is 2.16. The average Bonchev–Trinajstić information content (AvgIpc) is 2.74. The van der Waals surface area contributed by atoms with Crippen LogP contribution in [0.5, 0.6) is 0 Å². The van der Waals surface area contributed by atoms with Crippen LogP contribution in [0.2, 0.25) is 0 Å². The molecule has 0 spiro atoms. The first kappa shape index (κ1) is 12.1. The van der Waals surface area contributed by atoms with Gasteiger partial charge in [0.2, 0.25) is 0 Å². The first-order valence-corrected chi connectivity index (χ1v) is 5.64. The van der Waals surface area contributed by atoms with Gasteiger partial charge in [-0.05, 0) is 23.9 Å². The third kappa shape index (κ3) is 2.31.